The SMILES string of the molecule is COC1=Nc2cc(C)c(C)cc2N=C(C(F)(F)F)C1. The van der Waals surface area contributed by atoms with Crippen molar-refractivity contribution in [1.82, 2.24) is 0 Å². The molecule has 0 aliphatic carbocycles. The van der Waals surface area contributed by atoms with Crippen LogP contribution in [0.25, 0.3) is 0 Å². The molecule has 1 heterocycles. The molecule has 0 atom stereocenters. The van der Waals surface area contributed by atoms with Crippen molar-refractivity contribution in [3.8, 4) is 0 Å². The smallest absolute Gasteiger partial charge is 0.430 e. The Kier molecular flexibility index (Phi) is 3.34. The topological polar surface area (TPSA) is 34.0 Å². The molecule has 0 amide bonds. The van der Waals surface area contributed by atoms with E-state index in [4.69, 9.17) is 4.74 Å². The quantitative estimate of drug-likeness (QED) is 0.701. The zero-order valence-electron chi connectivity index (χ0n) is 10.8. The van der Waals surface area contributed by atoms with Gasteiger partial charge in [0.2, 0.25) is 0 Å². The Labute approximate surface area is 108 Å². The summed E-state index contributed by atoms with van der Waals surface area (Å²) in [6.07, 6.45) is -4.94. The van der Waals surface area contributed by atoms with Crippen LogP contribution in [0.5, 0.6) is 0 Å². The van der Waals surface area contributed by atoms with E-state index in [1.165, 1.54) is 7.11 Å². The lowest BCUT2D eigenvalue weighted by Crippen LogP contribution is -2.25. The van der Waals surface area contributed by atoms with Crippen molar-refractivity contribution >= 4 is 23.0 Å². The number of aliphatic imine (C=N–C) groups is 2. The molecule has 1 aromatic rings. The van der Waals surface area contributed by atoms with Gasteiger partial charge in [-0.2, -0.15) is 13.2 Å². The molecule has 1 aromatic carbocycles. The first-order chi connectivity index (χ1) is 8.81. The van der Waals surface area contributed by atoms with Gasteiger partial charge in [0.1, 0.15) is 5.71 Å². The summed E-state index contributed by atoms with van der Waals surface area (Å²) in [5, 5.41) is 0. The Morgan fingerprint density at radius 2 is 1.58 bits per heavy atom. The average Bonchev–Trinajstić information content (AvgIpc) is 2.48. The van der Waals surface area contributed by atoms with E-state index in [-0.39, 0.29) is 11.6 Å². The number of rotatable bonds is 0. The summed E-state index contributed by atoms with van der Waals surface area (Å²) < 4.78 is 43.5. The number of hydrogen-bond acceptors (Lipinski definition) is 3. The number of halogens is 3. The van der Waals surface area contributed by atoms with E-state index in [2.05, 4.69) is 9.98 Å². The van der Waals surface area contributed by atoms with E-state index in [1.54, 1.807) is 12.1 Å². The summed E-state index contributed by atoms with van der Waals surface area (Å²) in [6, 6.07) is 3.32. The third-order valence-electron chi connectivity index (χ3n) is 2.97. The molecular formula is C13H13F3N2O. The maximum atomic E-state index is 12.9. The predicted octanol–water partition coefficient (Wildman–Crippen LogP) is 4.02. The van der Waals surface area contributed by atoms with Crippen LogP contribution >= 0.6 is 0 Å². The fourth-order valence-electron chi connectivity index (χ4n) is 1.75. The van der Waals surface area contributed by atoms with Crippen molar-refractivity contribution in [3.63, 3.8) is 0 Å². The van der Waals surface area contributed by atoms with Gasteiger partial charge < -0.3 is 4.74 Å². The highest BCUT2D eigenvalue weighted by molar-refractivity contribution is 6.07. The highest BCUT2D eigenvalue weighted by atomic mass is 19.4. The van der Waals surface area contributed by atoms with Crippen LogP contribution in [0.1, 0.15) is 17.5 Å². The van der Waals surface area contributed by atoms with Crippen molar-refractivity contribution < 1.29 is 17.9 Å². The summed E-state index contributed by atoms with van der Waals surface area (Å²) in [7, 11) is 1.30. The Bertz CT molecular complexity index is 574. The number of methoxy groups -OCH3 is 1. The molecule has 0 saturated heterocycles. The number of hydrogen-bond donors (Lipinski definition) is 0. The maximum absolute atomic E-state index is 12.9. The Morgan fingerprint density at radius 1 is 1.05 bits per heavy atom. The van der Waals surface area contributed by atoms with E-state index in [0.717, 1.165) is 11.1 Å². The molecule has 2 rings (SSSR count). The largest absolute Gasteiger partial charge is 0.484 e. The number of aryl methyl sites for hydroxylation is 2. The highest BCUT2D eigenvalue weighted by Gasteiger charge is 2.37. The summed E-state index contributed by atoms with van der Waals surface area (Å²) in [6.45, 7) is 3.70. The second kappa shape index (κ2) is 4.68. The van der Waals surface area contributed by atoms with Crippen LogP contribution < -0.4 is 0 Å². The first-order valence-electron chi connectivity index (χ1n) is 5.69. The van der Waals surface area contributed by atoms with Crippen molar-refractivity contribution in [3.05, 3.63) is 23.3 Å². The summed E-state index contributed by atoms with van der Waals surface area (Å²) in [5.74, 6) is 0.0121. The van der Waals surface area contributed by atoms with Gasteiger partial charge in [0.05, 0.1) is 24.9 Å². The molecule has 0 radical (unpaired) electrons. The minimum Gasteiger partial charge on any atom is -0.484 e. The molecule has 0 saturated carbocycles. The fraction of sp³-hybridized carbons (Fsp3) is 0.385. The minimum absolute atomic E-state index is 0.0121. The van der Waals surface area contributed by atoms with Gasteiger partial charge in [-0.1, -0.05) is 0 Å². The van der Waals surface area contributed by atoms with Crippen LogP contribution in [-0.4, -0.2) is 24.9 Å². The molecule has 1 aliphatic rings. The lowest BCUT2D eigenvalue weighted by Gasteiger charge is -2.09. The summed E-state index contributed by atoms with van der Waals surface area (Å²) >= 11 is 0. The molecule has 102 valence electrons. The van der Waals surface area contributed by atoms with Crippen LogP contribution in [0, 0.1) is 13.8 Å². The standard InChI is InChI=1S/C13H13F3N2O/c1-7-4-9-10(5-8(7)2)18-12(19-3)6-11(17-9)13(14,15)16/h4-5H,6H2,1-3H3. The van der Waals surface area contributed by atoms with Crippen LogP contribution in [-0.2, 0) is 4.74 Å². The Balaban J connectivity index is 2.63. The molecule has 19 heavy (non-hydrogen) atoms. The zero-order valence-corrected chi connectivity index (χ0v) is 10.8. The van der Waals surface area contributed by atoms with Gasteiger partial charge in [0.15, 0.2) is 5.90 Å². The molecule has 0 bridgehead atoms. The van der Waals surface area contributed by atoms with E-state index in [1.807, 2.05) is 13.8 Å². The zero-order chi connectivity index (χ0) is 14.2. The molecule has 3 nitrogen and oxygen atoms in total. The summed E-state index contributed by atoms with van der Waals surface area (Å²) in [5.41, 5.74) is 1.56. The third kappa shape index (κ3) is 2.77. The number of nitrogens with zero attached hydrogens (tertiary/aromatic N) is 2. The minimum atomic E-state index is -4.49. The number of benzene rings is 1. The average molecular weight is 270 g/mol. The van der Waals surface area contributed by atoms with Crippen LogP contribution in [0.3, 0.4) is 0 Å². The second-order valence-corrected chi connectivity index (χ2v) is 4.37. The number of alkyl halides is 3. The lowest BCUT2D eigenvalue weighted by molar-refractivity contribution is -0.0598. The molecule has 0 aromatic heterocycles. The first kappa shape index (κ1) is 13.6. The number of ether oxygens (including phenoxy) is 1. The van der Waals surface area contributed by atoms with Gasteiger partial charge in [-0.15, -0.1) is 0 Å². The van der Waals surface area contributed by atoms with Gasteiger partial charge in [0.25, 0.3) is 0 Å². The molecule has 6 heteroatoms. The first-order valence-corrected chi connectivity index (χ1v) is 5.69. The molecule has 0 spiro atoms. The van der Waals surface area contributed by atoms with Gasteiger partial charge >= 0.3 is 6.18 Å². The van der Waals surface area contributed by atoms with Crippen molar-refractivity contribution in [2.75, 3.05) is 7.11 Å². The molecular weight excluding hydrogens is 257 g/mol. The van der Waals surface area contributed by atoms with Crippen LogP contribution in [0.4, 0.5) is 24.5 Å². The van der Waals surface area contributed by atoms with Gasteiger partial charge in [-0.25, -0.2) is 9.98 Å². The van der Waals surface area contributed by atoms with Crippen molar-refractivity contribution in [2.24, 2.45) is 9.98 Å². The molecule has 0 N–H and O–H groups in total. The second-order valence-electron chi connectivity index (χ2n) is 4.37. The monoisotopic (exact) mass is 270 g/mol. The van der Waals surface area contributed by atoms with Gasteiger partial charge in [0, 0.05) is 0 Å². The number of fused-ring (bicyclic) bond motifs is 1. The third-order valence-corrected chi connectivity index (χ3v) is 2.97. The van der Waals surface area contributed by atoms with E-state index < -0.39 is 18.3 Å². The fourth-order valence-corrected chi connectivity index (χ4v) is 1.75. The maximum Gasteiger partial charge on any atom is 0.430 e. The highest BCUT2D eigenvalue weighted by Crippen LogP contribution is 2.36. The van der Waals surface area contributed by atoms with Gasteiger partial charge in [-0.05, 0) is 37.1 Å². The molecule has 1 aliphatic heterocycles. The lowest BCUT2D eigenvalue weighted by atomic mass is 10.1. The van der Waals surface area contributed by atoms with Crippen molar-refractivity contribution in [1.29, 1.82) is 0 Å². The van der Waals surface area contributed by atoms with Crippen LogP contribution in [0.15, 0.2) is 22.1 Å². The Morgan fingerprint density at radius 3 is 2.05 bits per heavy atom. The van der Waals surface area contributed by atoms with E-state index >= 15 is 0 Å². The van der Waals surface area contributed by atoms with E-state index in [9.17, 15) is 13.2 Å². The van der Waals surface area contributed by atoms with Gasteiger partial charge in [-0.3, -0.25) is 0 Å². The predicted molar refractivity (Wildman–Crippen MR) is 67.8 cm³/mol. The van der Waals surface area contributed by atoms with Crippen molar-refractivity contribution in [2.45, 2.75) is 26.4 Å². The summed E-state index contributed by atoms with van der Waals surface area (Å²) in [4.78, 5) is 7.81. The van der Waals surface area contributed by atoms with E-state index in [0.29, 0.717) is 5.69 Å². The Hall–Kier alpha value is -1.85. The molecule has 0 fully saturated rings. The normalized spacial score (nSPS) is 15.3. The van der Waals surface area contributed by atoms with Crippen LogP contribution in [0.2, 0.25) is 0 Å². The molecule has 0 unspecified atom stereocenters.